The van der Waals surface area contributed by atoms with Crippen LogP contribution in [0.3, 0.4) is 0 Å². The summed E-state index contributed by atoms with van der Waals surface area (Å²) in [5.41, 5.74) is 3.13. The van der Waals surface area contributed by atoms with Gasteiger partial charge >= 0.3 is 0 Å². The highest BCUT2D eigenvalue weighted by Crippen LogP contribution is 2.26. The van der Waals surface area contributed by atoms with Crippen molar-refractivity contribution in [3.05, 3.63) is 83.3 Å². The van der Waals surface area contributed by atoms with Crippen LogP contribution in [0.4, 0.5) is 11.6 Å². The third-order valence-corrected chi connectivity index (χ3v) is 4.27. The summed E-state index contributed by atoms with van der Waals surface area (Å²) in [6.07, 6.45) is 10.8. The summed E-state index contributed by atoms with van der Waals surface area (Å²) in [5, 5.41) is 4.61. The van der Waals surface area contributed by atoms with Gasteiger partial charge in [-0.05, 0) is 30.3 Å². The molecule has 0 spiro atoms. The maximum Gasteiger partial charge on any atom is 0.227 e. The highest BCUT2D eigenvalue weighted by Gasteiger charge is 2.08. The van der Waals surface area contributed by atoms with Gasteiger partial charge in [-0.1, -0.05) is 29.7 Å². The number of fused-ring (bicyclic) bond motifs is 1. The van der Waals surface area contributed by atoms with Gasteiger partial charge in [-0.3, -0.25) is 4.98 Å². The molecule has 0 aliphatic heterocycles. The molecule has 1 N–H and O–H groups in total. The maximum atomic E-state index is 6.03. The van der Waals surface area contributed by atoms with E-state index in [9.17, 15) is 0 Å². The van der Waals surface area contributed by atoms with Gasteiger partial charge in [0.15, 0.2) is 0 Å². The van der Waals surface area contributed by atoms with E-state index >= 15 is 0 Å². The molecule has 5 nitrogen and oxygen atoms in total. The van der Waals surface area contributed by atoms with Crippen LogP contribution < -0.4 is 10.1 Å². The van der Waals surface area contributed by atoms with E-state index in [1.165, 1.54) is 0 Å². The smallest absolute Gasteiger partial charge is 0.227 e. The first-order chi connectivity index (χ1) is 13.7. The number of nitrogens with zero attached hydrogens (tertiary/aromatic N) is 3. The standard InChI is InChI=1S/C22H15ClN4O/c1-2-16-9-17-13-25-22(26-19-7-3-6-18(23)10-19)27-20(17)11-21(16)28-14-15-5-4-8-24-12-15/h1,3-13H,14H2,(H,25,26,27). The summed E-state index contributed by atoms with van der Waals surface area (Å²) in [6, 6.07) is 14.8. The third-order valence-electron chi connectivity index (χ3n) is 4.03. The molecular weight excluding hydrogens is 372 g/mol. The Kier molecular flexibility index (Phi) is 5.05. The predicted octanol–water partition coefficient (Wildman–Crippen LogP) is 4.98. The topological polar surface area (TPSA) is 59.9 Å². The minimum absolute atomic E-state index is 0.368. The van der Waals surface area contributed by atoms with E-state index in [0.717, 1.165) is 22.2 Å². The van der Waals surface area contributed by atoms with Crippen molar-refractivity contribution >= 4 is 34.1 Å². The first-order valence-electron chi connectivity index (χ1n) is 8.53. The first kappa shape index (κ1) is 17.8. The Labute approximate surface area is 167 Å². The average molecular weight is 387 g/mol. The van der Waals surface area contributed by atoms with E-state index < -0.39 is 0 Å². The molecule has 0 aliphatic rings. The Morgan fingerprint density at radius 1 is 1.11 bits per heavy atom. The molecular formula is C22H15ClN4O. The number of ether oxygens (including phenoxy) is 1. The van der Waals surface area contributed by atoms with Crippen LogP contribution in [0.15, 0.2) is 67.1 Å². The zero-order valence-corrected chi connectivity index (χ0v) is 15.5. The monoisotopic (exact) mass is 386 g/mol. The highest BCUT2D eigenvalue weighted by atomic mass is 35.5. The zero-order chi connectivity index (χ0) is 19.3. The fraction of sp³-hybridized carbons (Fsp3) is 0.0455. The number of rotatable bonds is 5. The number of terminal acetylenes is 1. The van der Waals surface area contributed by atoms with Gasteiger partial charge in [0.05, 0.1) is 11.1 Å². The Morgan fingerprint density at radius 3 is 2.82 bits per heavy atom. The third kappa shape index (κ3) is 4.03. The SMILES string of the molecule is C#Cc1cc2cnc(Nc3cccc(Cl)c3)nc2cc1OCc1cccnc1. The van der Waals surface area contributed by atoms with Crippen molar-refractivity contribution in [2.75, 3.05) is 5.32 Å². The number of hydrogen-bond donors (Lipinski definition) is 1. The molecule has 28 heavy (non-hydrogen) atoms. The van der Waals surface area contributed by atoms with Gasteiger partial charge in [0.25, 0.3) is 0 Å². The molecule has 0 atom stereocenters. The zero-order valence-electron chi connectivity index (χ0n) is 14.8. The average Bonchev–Trinajstić information content (AvgIpc) is 2.72. The van der Waals surface area contributed by atoms with Gasteiger partial charge in [-0.15, -0.1) is 6.42 Å². The Bertz CT molecular complexity index is 1170. The van der Waals surface area contributed by atoms with E-state index in [1.807, 2.05) is 36.4 Å². The molecule has 0 fully saturated rings. The van der Waals surface area contributed by atoms with E-state index in [4.69, 9.17) is 22.8 Å². The second-order valence-electron chi connectivity index (χ2n) is 6.03. The van der Waals surface area contributed by atoms with Crippen LogP contribution in [0.25, 0.3) is 10.9 Å². The normalized spacial score (nSPS) is 10.4. The molecule has 0 radical (unpaired) electrons. The van der Waals surface area contributed by atoms with Gasteiger partial charge in [-0.25, -0.2) is 9.97 Å². The van der Waals surface area contributed by atoms with Crippen LogP contribution in [0.2, 0.25) is 5.02 Å². The summed E-state index contributed by atoms with van der Waals surface area (Å²) in [6.45, 7) is 0.368. The van der Waals surface area contributed by atoms with Crippen LogP contribution >= 0.6 is 11.6 Å². The molecule has 0 saturated heterocycles. The van der Waals surface area contributed by atoms with Crippen molar-refractivity contribution in [1.82, 2.24) is 15.0 Å². The molecule has 2 aromatic heterocycles. The van der Waals surface area contributed by atoms with Crippen molar-refractivity contribution in [3.8, 4) is 18.1 Å². The minimum atomic E-state index is 0.368. The second kappa shape index (κ2) is 7.95. The lowest BCUT2D eigenvalue weighted by molar-refractivity contribution is 0.305. The van der Waals surface area contributed by atoms with E-state index in [0.29, 0.717) is 28.9 Å². The molecule has 0 unspecified atom stereocenters. The lowest BCUT2D eigenvalue weighted by Gasteiger charge is -2.11. The summed E-state index contributed by atoms with van der Waals surface area (Å²) >= 11 is 6.03. The molecule has 136 valence electrons. The van der Waals surface area contributed by atoms with Crippen LogP contribution in [-0.4, -0.2) is 15.0 Å². The van der Waals surface area contributed by atoms with Crippen molar-refractivity contribution in [1.29, 1.82) is 0 Å². The summed E-state index contributed by atoms with van der Waals surface area (Å²) in [4.78, 5) is 13.0. The number of nitrogens with one attached hydrogen (secondary N) is 1. The number of pyridine rings is 1. The van der Waals surface area contributed by atoms with Gasteiger partial charge in [0.1, 0.15) is 12.4 Å². The van der Waals surface area contributed by atoms with Crippen molar-refractivity contribution in [2.45, 2.75) is 6.61 Å². The molecule has 0 bridgehead atoms. The van der Waals surface area contributed by atoms with E-state index in [2.05, 4.69) is 26.2 Å². The molecule has 6 heteroatoms. The number of benzene rings is 2. The van der Waals surface area contributed by atoms with Gasteiger partial charge in [0.2, 0.25) is 5.95 Å². The number of anilines is 2. The Balaban J connectivity index is 1.63. The van der Waals surface area contributed by atoms with Crippen molar-refractivity contribution in [2.24, 2.45) is 0 Å². The van der Waals surface area contributed by atoms with Gasteiger partial charge < -0.3 is 10.1 Å². The largest absolute Gasteiger partial charge is 0.487 e. The number of halogens is 1. The van der Waals surface area contributed by atoms with Gasteiger partial charge in [-0.2, -0.15) is 0 Å². The molecule has 0 amide bonds. The molecule has 2 heterocycles. The fourth-order valence-electron chi connectivity index (χ4n) is 2.69. The summed E-state index contributed by atoms with van der Waals surface area (Å²) in [5.74, 6) is 3.71. The lowest BCUT2D eigenvalue weighted by atomic mass is 10.1. The predicted molar refractivity (Wildman–Crippen MR) is 111 cm³/mol. The highest BCUT2D eigenvalue weighted by molar-refractivity contribution is 6.30. The molecule has 0 aliphatic carbocycles. The first-order valence-corrected chi connectivity index (χ1v) is 8.91. The van der Waals surface area contributed by atoms with Crippen molar-refractivity contribution in [3.63, 3.8) is 0 Å². The van der Waals surface area contributed by atoms with E-state index in [1.54, 1.807) is 30.7 Å². The molecule has 0 saturated carbocycles. The second-order valence-corrected chi connectivity index (χ2v) is 6.47. The van der Waals surface area contributed by atoms with Crippen LogP contribution in [-0.2, 0) is 6.61 Å². The number of aromatic nitrogens is 3. The summed E-state index contributed by atoms with van der Waals surface area (Å²) in [7, 11) is 0. The van der Waals surface area contributed by atoms with Crippen molar-refractivity contribution < 1.29 is 4.74 Å². The fourth-order valence-corrected chi connectivity index (χ4v) is 2.88. The molecule has 4 aromatic rings. The lowest BCUT2D eigenvalue weighted by Crippen LogP contribution is -2.00. The molecule has 2 aromatic carbocycles. The maximum absolute atomic E-state index is 6.03. The van der Waals surface area contributed by atoms with Crippen LogP contribution in [0, 0.1) is 12.3 Å². The quantitative estimate of drug-likeness (QED) is 0.490. The van der Waals surface area contributed by atoms with Crippen LogP contribution in [0.5, 0.6) is 5.75 Å². The molecule has 4 rings (SSSR count). The Morgan fingerprint density at radius 2 is 2.04 bits per heavy atom. The van der Waals surface area contributed by atoms with Gasteiger partial charge in [0, 0.05) is 46.3 Å². The van der Waals surface area contributed by atoms with E-state index in [-0.39, 0.29) is 0 Å². The summed E-state index contributed by atoms with van der Waals surface area (Å²) < 4.78 is 5.92. The van der Waals surface area contributed by atoms with Crippen LogP contribution in [0.1, 0.15) is 11.1 Å². The number of hydrogen-bond acceptors (Lipinski definition) is 5. The Hall–Kier alpha value is -3.62. The minimum Gasteiger partial charge on any atom is -0.487 e.